The van der Waals surface area contributed by atoms with Gasteiger partial charge in [0.1, 0.15) is 0 Å². The highest BCUT2D eigenvalue weighted by atomic mass is 79.9. The highest BCUT2D eigenvalue weighted by molar-refractivity contribution is 9.10. The number of pyridine rings is 1. The second kappa shape index (κ2) is 6.31. The number of oxime groups is 1. The van der Waals surface area contributed by atoms with Gasteiger partial charge in [-0.3, -0.25) is 9.78 Å². The van der Waals surface area contributed by atoms with Crippen LogP contribution in [0.5, 0.6) is 0 Å². The highest BCUT2D eigenvalue weighted by Crippen LogP contribution is 2.22. The zero-order valence-electron chi connectivity index (χ0n) is 10.5. The molecule has 0 radical (unpaired) electrons. The second-order valence-electron chi connectivity index (χ2n) is 3.98. The molecular weight excluding hydrogens is 343 g/mol. The van der Waals surface area contributed by atoms with Crippen molar-refractivity contribution in [3.63, 3.8) is 0 Å². The highest BCUT2D eigenvalue weighted by Gasteiger charge is 2.15. The van der Waals surface area contributed by atoms with Gasteiger partial charge < -0.3 is 16.3 Å². The molecule has 1 amide bonds. The molecule has 0 aliphatic heterocycles. The van der Waals surface area contributed by atoms with Gasteiger partial charge in [0.15, 0.2) is 11.7 Å². The summed E-state index contributed by atoms with van der Waals surface area (Å²) in [6, 6.07) is 6.03. The third kappa shape index (κ3) is 3.34. The zero-order chi connectivity index (χ0) is 15.4. The summed E-state index contributed by atoms with van der Waals surface area (Å²) in [5, 5.41) is 14.2. The number of benzene rings is 1. The van der Waals surface area contributed by atoms with Gasteiger partial charge >= 0.3 is 0 Å². The summed E-state index contributed by atoms with van der Waals surface area (Å²) in [5.74, 6) is -1.58. The molecule has 2 rings (SSSR count). The molecular formula is C13H10BrFN4O2. The van der Waals surface area contributed by atoms with Crippen LogP contribution in [0.25, 0.3) is 0 Å². The molecule has 0 fully saturated rings. The Hall–Kier alpha value is -2.48. The number of amidine groups is 1. The van der Waals surface area contributed by atoms with Crippen LogP contribution >= 0.6 is 15.9 Å². The van der Waals surface area contributed by atoms with Crippen molar-refractivity contribution >= 4 is 33.4 Å². The van der Waals surface area contributed by atoms with Crippen LogP contribution in [0.3, 0.4) is 0 Å². The molecule has 21 heavy (non-hydrogen) atoms. The molecule has 1 heterocycles. The average Bonchev–Trinajstić information content (AvgIpc) is 2.48. The Morgan fingerprint density at radius 1 is 1.38 bits per heavy atom. The van der Waals surface area contributed by atoms with Gasteiger partial charge in [0.2, 0.25) is 0 Å². The van der Waals surface area contributed by atoms with Crippen molar-refractivity contribution in [1.29, 1.82) is 0 Å². The molecule has 0 aliphatic carbocycles. The summed E-state index contributed by atoms with van der Waals surface area (Å²) in [6.45, 7) is 0. The topological polar surface area (TPSA) is 101 Å². The Labute approximate surface area is 127 Å². The van der Waals surface area contributed by atoms with E-state index in [1.165, 1.54) is 12.3 Å². The Morgan fingerprint density at radius 2 is 2.14 bits per heavy atom. The van der Waals surface area contributed by atoms with Gasteiger partial charge in [0, 0.05) is 16.2 Å². The van der Waals surface area contributed by atoms with Crippen LogP contribution in [0, 0.1) is 5.82 Å². The Morgan fingerprint density at radius 3 is 2.81 bits per heavy atom. The van der Waals surface area contributed by atoms with E-state index in [9.17, 15) is 9.18 Å². The second-order valence-corrected chi connectivity index (χ2v) is 4.90. The molecule has 108 valence electrons. The molecule has 1 aromatic carbocycles. The number of carbonyl (C=O) groups excluding carboxylic acids is 1. The molecule has 1 aromatic heterocycles. The molecule has 0 bridgehead atoms. The van der Waals surface area contributed by atoms with Gasteiger partial charge in [-0.05, 0) is 24.3 Å². The molecule has 4 N–H and O–H groups in total. The van der Waals surface area contributed by atoms with E-state index in [1.54, 1.807) is 18.2 Å². The van der Waals surface area contributed by atoms with E-state index < -0.39 is 11.7 Å². The van der Waals surface area contributed by atoms with Crippen molar-refractivity contribution in [2.45, 2.75) is 0 Å². The average molecular weight is 353 g/mol. The van der Waals surface area contributed by atoms with E-state index in [0.717, 1.165) is 6.20 Å². The minimum Gasteiger partial charge on any atom is -0.409 e. The molecule has 0 aliphatic rings. The zero-order valence-corrected chi connectivity index (χ0v) is 12.1. The Bertz CT molecular complexity index is 721. The van der Waals surface area contributed by atoms with Crippen LogP contribution in [0.15, 0.2) is 46.3 Å². The predicted molar refractivity (Wildman–Crippen MR) is 78.8 cm³/mol. The van der Waals surface area contributed by atoms with Crippen LogP contribution in [0.2, 0.25) is 0 Å². The van der Waals surface area contributed by atoms with E-state index in [4.69, 9.17) is 10.9 Å². The molecule has 0 unspecified atom stereocenters. The maximum Gasteiger partial charge on any atom is 0.258 e. The lowest BCUT2D eigenvalue weighted by Crippen LogP contribution is -2.20. The van der Waals surface area contributed by atoms with Crippen LogP contribution < -0.4 is 11.1 Å². The minimum absolute atomic E-state index is 0.154. The van der Waals surface area contributed by atoms with E-state index in [-0.39, 0.29) is 17.1 Å². The maximum atomic E-state index is 13.5. The monoisotopic (exact) mass is 352 g/mol. The first-order chi connectivity index (χ1) is 10.0. The summed E-state index contributed by atoms with van der Waals surface area (Å²) < 4.78 is 14.2. The minimum atomic E-state index is -0.738. The standard InChI is InChI=1S/C13H10BrFN4O2/c14-7-1-2-11(9(5-7)12(16)19-21)18-13(20)8-3-4-17-6-10(8)15/h1-6,21H,(H2,16,19)(H,18,20). The SMILES string of the molecule is N/C(=N/O)c1cc(Br)ccc1NC(=O)c1ccncc1F. The van der Waals surface area contributed by atoms with Crippen molar-refractivity contribution in [3.05, 3.63) is 58.1 Å². The van der Waals surface area contributed by atoms with Crippen molar-refractivity contribution < 1.29 is 14.4 Å². The first-order valence-corrected chi connectivity index (χ1v) is 6.50. The number of hydrogen-bond donors (Lipinski definition) is 3. The van der Waals surface area contributed by atoms with Gasteiger partial charge in [0.05, 0.1) is 17.4 Å². The van der Waals surface area contributed by atoms with Crippen molar-refractivity contribution in [2.75, 3.05) is 5.32 Å². The molecule has 2 aromatic rings. The summed E-state index contributed by atoms with van der Waals surface area (Å²) in [5.41, 5.74) is 5.99. The number of anilines is 1. The number of carbonyl (C=O) groups is 1. The van der Waals surface area contributed by atoms with E-state index >= 15 is 0 Å². The first kappa shape index (κ1) is 14.9. The van der Waals surface area contributed by atoms with Gasteiger partial charge in [-0.1, -0.05) is 21.1 Å². The molecule has 0 atom stereocenters. The van der Waals surface area contributed by atoms with Crippen molar-refractivity contribution in [2.24, 2.45) is 10.9 Å². The number of amides is 1. The molecule has 0 saturated heterocycles. The molecule has 6 nitrogen and oxygen atoms in total. The Balaban J connectivity index is 2.36. The van der Waals surface area contributed by atoms with E-state index in [0.29, 0.717) is 10.0 Å². The third-order valence-electron chi connectivity index (χ3n) is 2.63. The molecule has 8 heteroatoms. The molecule has 0 saturated carbocycles. The fraction of sp³-hybridized carbons (Fsp3) is 0. The smallest absolute Gasteiger partial charge is 0.258 e. The molecule has 0 spiro atoms. The van der Waals surface area contributed by atoms with Gasteiger partial charge in [-0.2, -0.15) is 0 Å². The largest absolute Gasteiger partial charge is 0.409 e. The van der Waals surface area contributed by atoms with Crippen LogP contribution in [-0.2, 0) is 0 Å². The van der Waals surface area contributed by atoms with Crippen molar-refractivity contribution in [1.82, 2.24) is 4.98 Å². The van der Waals surface area contributed by atoms with Gasteiger partial charge in [0.25, 0.3) is 5.91 Å². The number of halogens is 2. The van der Waals surface area contributed by atoms with Crippen LogP contribution in [-0.4, -0.2) is 21.9 Å². The first-order valence-electron chi connectivity index (χ1n) is 5.71. The number of nitrogens with two attached hydrogens (primary N) is 1. The summed E-state index contributed by atoms with van der Waals surface area (Å²) in [7, 11) is 0. The number of hydrogen-bond acceptors (Lipinski definition) is 4. The lowest BCUT2D eigenvalue weighted by molar-refractivity contribution is 0.102. The van der Waals surface area contributed by atoms with Crippen LogP contribution in [0.4, 0.5) is 10.1 Å². The summed E-state index contributed by atoms with van der Waals surface area (Å²) >= 11 is 3.24. The number of nitrogens with zero attached hydrogens (tertiary/aromatic N) is 2. The Kier molecular flexibility index (Phi) is 4.49. The third-order valence-corrected chi connectivity index (χ3v) is 3.12. The van der Waals surface area contributed by atoms with Crippen LogP contribution in [0.1, 0.15) is 15.9 Å². The number of nitrogens with one attached hydrogen (secondary N) is 1. The fourth-order valence-corrected chi connectivity index (χ4v) is 2.00. The normalized spacial score (nSPS) is 11.2. The lowest BCUT2D eigenvalue weighted by Gasteiger charge is -2.11. The number of aromatic nitrogens is 1. The van der Waals surface area contributed by atoms with E-state index in [1.807, 2.05) is 0 Å². The summed E-state index contributed by atoms with van der Waals surface area (Å²) in [6.07, 6.45) is 2.25. The van der Waals surface area contributed by atoms with E-state index in [2.05, 4.69) is 31.4 Å². The predicted octanol–water partition coefficient (Wildman–Crippen LogP) is 2.33. The van der Waals surface area contributed by atoms with Crippen molar-refractivity contribution in [3.8, 4) is 0 Å². The summed E-state index contributed by atoms with van der Waals surface area (Å²) in [4.78, 5) is 15.6. The lowest BCUT2D eigenvalue weighted by atomic mass is 10.1. The fourth-order valence-electron chi connectivity index (χ4n) is 1.64. The quantitative estimate of drug-likeness (QED) is 0.341. The number of rotatable bonds is 3. The van der Waals surface area contributed by atoms with Gasteiger partial charge in [-0.25, -0.2) is 4.39 Å². The maximum absolute atomic E-state index is 13.5. The van der Waals surface area contributed by atoms with Gasteiger partial charge in [-0.15, -0.1) is 0 Å².